The lowest BCUT2D eigenvalue weighted by molar-refractivity contribution is -0.167. The van der Waals surface area contributed by atoms with Crippen molar-refractivity contribution in [2.24, 2.45) is 5.73 Å². The third-order valence-corrected chi connectivity index (χ3v) is 4.82. The molecule has 0 aliphatic carbocycles. The van der Waals surface area contributed by atoms with Gasteiger partial charge < -0.3 is 11.1 Å². The number of nitrogens with two attached hydrogens (primary N) is 1. The molecule has 0 saturated heterocycles. The number of nitrogens with one attached hydrogen (secondary N) is 1. The van der Waals surface area contributed by atoms with Gasteiger partial charge in [0.05, 0.1) is 23.6 Å². The smallest absolute Gasteiger partial charge is 0.326 e. The molecule has 0 aliphatic heterocycles. The molecule has 1 amide bonds. The highest BCUT2D eigenvalue weighted by Crippen LogP contribution is 2.32. The first-order valence-electron chi connectivity index (χ1n) is 9.56. The molecule has 0 spiro atoms. The van der Waals surface area contributed by atoms with Crippen LogP contribution in [0, 0.1) is 0 Å². The van der Waals surface area contributed by atoms with Gasteiger partial charge in [-0.25, -0.2) is 9.67 Å². The Morgan fingerprint density at radius 2 is 1.76 bits per heavy atom. The van der Waals surface area contributed by atoms with Crippen molar-refractivity contribution in [1.82, 2.24) is 19.7 Å². The van der Waals surface area contributed by atoms with Gasteiger partial charge in [0.25, 0.3) is 0 Å². The second-order valence-electron chi connectivity index (χ2n) is 7.12. The average molecular weight is 480 g/mol. The molecule has 0 aliphatic rings. The van der Waals surface area contributed by atoms with Crippen molar-refractivity contribution in [2.45, 2.75) is 18.9 Å². The molecule has 0 fully saturated rings. The number of amides is 1. The lowest BCUT2D eigenvalue weighted by atomic mass is 10.0. The van der Waals surface area contributed by atoms with E-state index in [2.05, 4.69) is 15.1 Å². The van der Waals surface area contributed by atoms with Crippen molar-refractivity contribution in [3.63, 3.8) is 0 Å². The third-order valence-electron chi connectivity index (χ3n) is 4.82. The molecule has 4 rings (SSSR count). The number of alkyl halides is 6. The Balaban J connectivity index is 1.81. The van der Waals surface area contributed by atoms with Gasteiger partial charge in [-0.05, 0) is 41.5 Å². The van der Waals surface area contributed by atoms with Gasteiger partial charge in [0.1, 0.15) is 5.69 Å². The van der Waals surface area contributed by atoms with E-state index in [0.29, 0.717) is 27.6 Å². The molecule has 34 heavy (non-hydrogen) atoms. The van der Waals surface area contributed by atoms with Crippen molar-refractivity contribution in [3.05, 3.63) is 66.2 Å². The first-order chi connectivity index (χ1) is 16.0. The van der Waals surface area contributed by atoms with E-state index < -0.39 is 24.0 Å². The van der Waals surface area contributed by atoms with E-state index in [4.69, 9.17) is 5.73 Å². The summed E-state index contributed by atoms with van der Waals surface area (Å²) >= 11 is 0. The van der Waals surface area contributed by atoms with E-state index in [0.717, 1.165) is 12.3 Å². The molecule has 3 N–H and O–H groups in total. The molecular weight excluding hydrogens is 466 g/mol. The number of hydrogen-bond donors (Lipinski definition) is 2. The average Bonchev–Trinajstić information content (AvgIpc) is 3.21. The number of rotatable bonds is 4. The highest BCUT2D eigenvalue weighted by atomic mass is 19.4. The highest BCUT2D eigenvalue weighted by Gasteiger charge is 2.38. The maximum absolute atomic E-state index is 13.1. The van der Waals surface area contributed by atoms with Crippen molar-refractivity contribution in [1.29, 1.82) is 0 Å². The summed E-state index contributed by atoms with van der Waals surface area (Å²) in [6, 6.07) is 7.88. The van der Waals surface area contributed by atoms with Crippen LogP contribution >= 0.6 is 0 Å². The SMILES string of the molecule is NCc1cc(-c2cncc(NC(=O)C(F)(F)F)c2)cc2c1cnn2-c1cccc(C(F)(F)F)n1. The molecule has 13 heteroatoms. The molecule has 0 unspecified atom stereocenters. The molecule has 0 saturated carbocycles. The third kappa shape index (κ3) is 4.55. The predicted octanol–water partition coefficient (Wildman–Crippen LogP) is 4.46. The minimum Gasteiger partial charge on any atom is -0.326 e. The normalized spacial score (nSPS) is 12.2. The molecule has 3 aromatic heterocycles. The summed E-state index contributed by atoms with van der Waals surface area (Å²) in [4.78, 5) is 18.8. The van der Waals surface area contributed by atoms with Crippen LogP contribution < -0.4 is 11.1 Å². The standard InChI is InChI=1S/C21H14F6N6O/c22-20(23,24)17-2-1-3-18(32-17)33-16-6-11(4-12(7-28)15(16)10-30-33)13-5-14(9-29-8-13)31-19(34)21(25,26)27/h1-6,8-10H,7,28H2,(H,31,34). The quantitative estimate of drug-likeness (QED) is 0.421. The molecule has 0 bridgehead atoms. The summed E-state index contributed by atoms with van der Waals surface area (Å²) in [5, 5.41) is 6.43. The molecule has 0 atom stereocenters. The van der Waals surface area contributed by atoms with Gasteiger partial charge in [0.15, 0.2) is 5.82 Å². The molecule has 176 valence electrons. The first kappa shape index (κ1) is 23.2. The summed E-state index contributed by atoms with van der Waals surface area (Å²) in [7, 11) is 0. The Kier molecular flexibility index (Phi) is 5.73. The number of anilines is 1. The summed E-state index contributed by atoms with van der Waals surface area (Å²) in [5.74, 6) is -2.24. The minimum absolute atomic E-state index is 0.0456. The number of pyridine rings is 2. The van der Waals surface area contributed by atoms with Crippen LogP contribution in [0.3, 0.4) is 0 Å². The maximum atomic E-state index is 13.1. The minimum atomic E-state index is -5.08. The molecule has 3 heterocycles. The largest absolute Gasteiger partial charge is 0.471 e. The van der Waals surface area contributed by atoms with Crippen LogP contribution in [0.1, 0.15) is 11.3 Å². The number of carbonyl (C=O) groups is 1. The van der Waals surface area contributed by atoms with Gasteiger partial charge in [-0.1, -0.05) is 6.07 Å². The van der Waals surface area contributed by atoms with Crippen LogP contribution in [0.2, 0.25) is 0 Å². The summed E-state index contributed by atoms with van der Waals surface area (Å²) in [6.45, 7) is 0.0456. The van der Waals surface area contributed by atoms with Crippen LogP contribution in [-0.4, -0.2) is 31.8 Å². The monoisotopic (exact) mass is 480 g/mol. The zero-order valence-electron chi connectivity index (χ0n) is 16.9. The van der Waals surface area contributed by atoms with Crippen LogP contribution in [0.4, 0.5) is 32.0 Å². The Hall–Kier alpha value is -4.00. The Morgan fingerprint density at radius 3 is 2.44 bits per heavy atom. The van der Waals surface area contributed by atoms with Crippen molar-refractivity contribution < 1.29 is 31.1 Å². The number of carbonyl (C=O) groups excluding carboxylic acids is 1. The van der Waals surface area contributed by atoms with Gasteiger partial charge in [0.2, 0.25) is 0 Å². The van der Waals surface area contributed by atoms with Crippen molar-refractivity contribution >= 4 is 22.5 Å². The van der Waals surface area contributed by atoms with E-state index in [9.17, 15) is 31.1 Å². The van der Waals surface area contributed by atoms with Gasteiger partial charge in [-0.3, -0.25) is 9.78 Å². The Bertz CT molecular complexity index is 1380. The topological polar surface area (TPSA) is 98.7 Å². The lowest BCUT2D eigenvalue weighted by Gasteiger charge is -2.11. The second-order valence-corrected chi connectivity index (χ2v) is 7.12. The number of halogens is 6. The zero-order valence-corrected chi connectivity index (χ0v) is 16.9. The lowest BCUT2D eigenvalue weighted by Crippen LogP contribution is -2.29. The van der Waals surface area contributed by atoms with Gasteiger partial charge in [-0.2, -0.15) is 31.4 Å². The van der Waals surface area contributed by atoms with E-state index in [1.54, 1.807) is 17.4 Å². The van der Waals surface area contributed by atoms with E-state index >= 15 is 0 Å². The molecule has 0 radical (unpaired) electrons. The summed E-state index contributed by atoms with van der Waals surface area (Å²) in [5.41, 5.74) is 6.27. The van der Waals surface area contributed by atoms with Crippen LogP contribution in [0.5, 0.6) is 0 Å². The number of aromatic nitrogens is 4. The van der Waals surface area contributed by atoms with Gasteiger partial charge in [0, 0.05) is 23.7 Å². The molecule has 1 aromatic carbocycles. The van der Waals surface area contributed by atoms with Crippen LogP contribution in [-0.2, 0) is 17.5 Å². The van der Waals surface area contributed by atoms with Crippen molar-refractivity contribution in [3.8, 4) is 16.9 Å². The van der Waals surface area contributed by atoms with Gasteiger partial charge >= 0.3 is 18.3 Å². The fraction of sp³-hybridized carbons (Fsp3) is 0.143. The first-order valence-corrected chi connectivity index (χ1v) is 9.56. The number of benzene rings is 1. The Labute approximate surface area is 187 Å². The molecular formula is C21H14F6N6O. The number of fused-ring (bicyclic) bond motifs is 1. The summed E-state index contributed by atoms with van der Waals surface area (Å²) < 4.78 is 78.3. The fourth-order valence-corrected chi connectivity index (χ4v) is 3.28. The van der Waals surface area contributed by atoms with Crippen molar-refractivity contribution in [2.75, 3.05) is 5.32 Å². The maximum Gasteiger partial charge on any atom is 0.471 e. The summed E-state index contributed by atoms with van der Waals surface area (Å²) in [6.07, 6.45) is -5.90. The number of nitrogens with zero attached hydrogens (tertiary/aromatic N) is 4. The fourth-order valence-electron chi connectivity index (χ4n) is 3.28. The van der Waals surface area contributed by atoms with E-state index in [1.807, 2.05) is 0 Å². The Morgan fingerprint density at radius 1 is 1.00 bits per heavy atom. The molecule has 7 nitrogen and oxygen atoms in total. The van der Waals surface area contributed by atoms with E-state index in [1.165, 1.54) is 35.3 Å². The predicted molar refractivity (Wildman–Crippen MR) is 110 cm³/mol. The van der Waals surface area contributed by atoms with Gasteiger partial charge in [-0.15, -0.1) is 0 Å². The zero-order chi connectivity index (χ0) is 24.7. The van der Waals surface area contributed by atoms with E-state index in [-0.39, 0.29) is 18.1 Å². The van der Waals surface area contributed by atoms with Crippen LogP contribution in [0.15, 0.2) is 55.0 Å². The second kappa shape index (κ2) is 8.41. The number of hydrogen-bond acceptors (Lipinski definition) is 5. The highest BCUT2D eigenvalue weighted by molar-refractivity contribution is 5.95. The molecule has 4 aromatic rings. The van der Waals surface area contributed by atoms with Crippen LogP contribution in [0.25, 0.3) is 27.8 Å².